The number of hydrogen-bond donors (Lipinski definition) is 2. The zero-order chi connectivity index (χ0) is 13.2. The van der Waals surface area contributed by atoms with Crippen molar-refractivity contribution in [3.8, 4) is 0 Å². The van der Waals surface area contributed by atoms with Gasteiger partial charge in [0, 0.05) is 32.2 Å². The number of nitrogens with zero attached hydrogens (tertiary/aromatic N) is 2. The first-order chi connectivity index (χ1) is 9.28. The van der Waals surface area contributed by atoms with Gasteiger partial charge in [-0.2, -0.15) is 0 Å². The Morgan fingerprint density at radius 1 is 1.32 bits per heavy atom. The minimum Gasteiger partial charge on any atom is -0.342 e. The second-order valence-electron chi connectivity index (χ2n) is 5.31. The molecule has 1 saturated heterocycles. The van der Waals surface area contributed by atoms with Crippen LogP contribution in [0.2, 0.25) is 0 Å². The van der Waals surface area contributed by atoms with Crippen LogP contribution in [0.1, 0.15) is 30.8 Å². The lowest BCUT2D eigenvalue weighted by molar-refractivity contribution is 0.169. The lowest BCUT2D eigenvalue weighted by atomic mass is 10.0. The van der Waals surface area contributed by atoms with Crippen LogP contribution in [0.25, 0.3) is 11.0 Å². The van der Waals surface area contributed by atoms with Gasteiger partial charge < -0.3 is 10.3 Å². The number of aromatic nitrogens is 2. The summed E-state index contributed by atoms with van der Waals surface area (Å²) in [6, 6.07) is 7.17. The first kappa shape index (κ1) is 12.6. The molecule has 2 heterocycles. The maximum Gasteiger partial charge on any atom is 0.104 e. The molecule has 0 aliphatic carbocycles. The number of piperazine rings is 1. The van der Waals surface area contributed by atoms with Gasteiger partial charge in [-0.3, -0.25) is 4.90 Å². The molecule has 0 radical (unpaired) electrons. The van der Waals surface area contributed by atoms with Gasteiger partial charge in [0.25, 0.3) is 0 Å². The molecule has 0 amide bonds. The average Bonchev–Trinajstić information content (AvgIpc) is 2.80. The van der Waals surface area contributed by atoms with Crippen LogP contribution in [0.5, 0.6) is 0 Å². The minimum atomic E-state index is 0.523. The predicted molar refractivity (Wildman–Crippen MR) is 78.3 cm³/mol. The van der Waals surface area contributed by atoms with Gasteiger partial charge in [-0.25, -0.2) is 4.98 Å². The summed E-state index contributed by atoms with van der Waals surface area (Å²) in [4.78, 5) is 10.4. The van der Waals surface area contributed by atoms with Crippen molar-refractivity contribution in [3.05, 3.63) is 29.6 Å². The van der Waals surface area contributed by atoms with E-state index in [4.69, 9.17) is 0 Å². The fourth-order valence-electron chi connectivity index (χ4n) is 3.06. The normalized spacial score (nSPS) is 18.8. The molecule has 2 N–H and O–H groups in total. The minimum absolute atomic E-state index is 0.523. The third-order valence-electron chi connectivity index (χ3n) is 3.99. The molecule has 1 aliphatic rings. The van der Waals surface area contributed by atoms with Gasteiger partial charge in [0.15, 0.2) is 0 Å². The summed E-state index contributed by atoms with van der Waals surface area (Å²) in [7, 11) is 0. The molecule has 1 aromatic heterocycles. The molecule has 102 valence electrons. The monoisotopic (exact) mass is 258 g/mol. The maximum absolute atomic E-state index is 4.47. The van der Waals surface area contributed by atoms with Gasteiger partial charge in [0.1, 0.15) is 5.82 Å². The van der Waals surface area contributed by atoms with E-state index >= 15 is 0 Å². The van der Waals surface area contributed by atoms with Crippen LogP contribution in [0.15, 0.2) is 18.2 Å². The Morgan fingerprint density at radius 2 is 2.11 bits per heavy atom. The van der Waals surface area contributed by atoms with Crippen LogP contribution in [-0.4, -0.2) is 41.0 Å². The fourth-order valence-corrected chi connectivity index (χ4v) is 3.06. The van der Waals surface area contributed by atoms with Crippen LogP contribution in [0, 0.1) is 6.92 Å². The highest BCUT2D eigenvalue weighted by Gasteiger charge is 2.20. The van der Waals surface area contributed by atoms with Crippen molar-refractivity contribution in [1.29, 1.82) is 0 Å². The van der Waals surface area contributed by atoms with Gasteiger partial charge >= 0.3 is 0 Å². The molecular formula is C15H22N4. The fraction of sp³-hybridized carbons (Fsp3) is 0.533. The van der Waals surface area contributed by atoms with Gasteiger partial charge in [-0.15, -0.1) is 0 Å². The molecule has 3 rings (SSSR count). The first-order valence-electron chi connectivity index (χ1n) is 7.19. The Labute approximate surface area is 114 Å². The average molecular weight is 258 g/mol. The second kappa shape index (κ2) is 5.31. The Morgan fingerprint density at radius 3 is 2.84 bits per heavy atom. The van der Waals surface area contributed by atoms with Crippen LogP contribution in [0.4, 0.5) is 0 Å². The molecule has 1 unspecified atom stereocenters. The standard InChI is InChI=1S/C15H22N4/c1-3-15(19-8-6-16-7-9-19)12-4-5-13-14(10-12)18-11(2)17-13/h4-5,10,15-16H,3,6-9H2,1-2H3,(H,17,18). The summed E-state index contributed by atoms with van der Waals surface area (Å²) in [5.41, 5.74) is 3.63. The molecule has 19 heavy (non-hydrogen) atoms. The Hall–Kier alpha value is -1.39. The van der Waals surface area contributed by atoms with Crippen LogP contribution >= 0.6 is 0 Å². The van der Waals surface area contributed by atoms with Gasteiger partial charge in [-0.05, 0) is 31.0 Å². The topological polar surface area (TPSA) is 44.0 Å². The van der Waals surface area contributed by atoms with E-state index in [9.17, 15) is 0 Å². The maximum atomic E-state index is 4.47. The SMILES string of the molecule is CCC(c1ccc2nc(C)[nH]c2c1)N1CCNCC1. The third-order valence-corrected chi connectivity index (χ3v) is 3.99. The molecule has 1 aromatic carbocycles. The number of hydrogen-bond acceptors (Lipinski definition) is 3. The van der Waals surface area contributed by atoms with Crippen molar-refractivity contribution >= 4 is 11.0 Å². The van der Waals surface area contributed by atoms with E-state index in [-0.39, 0.29) is 0 Å². The summed E-state index contributed by atoms with van der Waals surface area (Å²) < 4.78 is 0. The Balaban J connectivity index is 1.91. The lowest BCUT2D eigenvalue weighted by Gasteiger charge is -2.34. The number of H-pyrrole nitrogens is 1. The molecule has 4 nitrogen and oxygen atoms in total. The molecule has 2 aromatic rings. The number of aryl methyl sites for hydroxylation is 1. The zero-order valence-electron chi connectivity index (χ0n) is 11.7. The Bertz CT molecular complexity index is 554. The molecule has 1 atom stereocenters. The summed E-state index contributed by atoms with van der Waals surface area (Å²) in [5.74, 6) is 0.988. The quantitative estimate of drug-likeness (QED) is 0.887. The smallest absolute Gasteiger partial charge is 0.104 e. The van der Waals surface area contributed by atoms with Crippen molar-refractivity contribution < 1.29 is 0 Å². The number of aromatic amines is 1. The van der Waals surface area contributed by atoms with Crippen molar-refractivity contribution in [2.75, 3.05) is 26.2 Å². The van der Waals surface area contributed by atoms with E-state index in [0.29, 0.717) is 6.04 Å². The highest BCUT2D eigenvalue weighted by Crippen LogP contribution is 2.26. The lowest BCUT2D eigenvalue weighted by Crippen LogP contribution is -2.45. The molecule has 1 fully saturated rings. The van der Waals surface area contributed by atoms with Crippen LogP contribution in [-0.2, 0) is 0 Å². The highest BCUT2D eigenvalue weighted by atomic mass is 15.2. The van der Waals surface area contributed by atoms with Gasteiger partial charge in [-0.1, -0.05) is 13.0 Å². The summed E-state index contributed by atoms with van der Waals surface area (Å²) in [6.07, 6.45) is 1.15. The number of nitrogens with one attached hydrogen (secondary N) is 2. The summed E-state index contributed by atoms with van der Waals surface area (Å²) >= 11 is 0. The molecular weight excluding hydrogens is 236 g/mol. The number of rotatable bonds is 3. The van der Waals surface area contributed by atoms with Crippen molar-refractivity contribution in [2.45, 2.75) is 26.3 Å². The summed E-state index contributed by atoms with van der Waals surface area (Å²) in [5, 5.41) is 3.42. The first-order valence-corrected chi connectivity index (χ1v) is 7.19. The van der Waals surface area contributed by atoms with E-state index in [2.05, 4.69) is 45.3 Å². The van der Waals surface area contributed by atoms with Crippen molar-refractivity contribution in [3.63, 3.8) is 0 Å². The number of fused-ring (bicyclic) bond motifs is 1. The van der Waals surface area contributed by atoms with E-state index in [1.165, 1.54) is 5.56 Å². The molecule has 4 heteroatoms. The van der Waals surface area contributed by atoms with Gasteiger partial charge in [0.05, 0.1) is 11.0 Å². The Kier molecular flexibility index (Phi) is 3.53. The number of benzene rings is 1. The summed E-state index contributed by atoms with van der Waals surface area (Å²) in [6.45, 7) is 8.75. The van der Waals surface area contributed by atoms with E-state index in [0.717, 1.165) is 49.5 Å². The molecule has 0 bridgehead atoms. The van der Waals surface area contributed by atoms with E-state index in [1.54, 1.807) is 0 Å². The highest BCUT2D eigenvalue weighted by molar-refractivity contribution is 5.76. The second-order valence-corrected chi connectivity index (χ2v) is 5.31. The molecule has 0 saturated carbocycles. The molecule has 0 spiro atoms. The van der Waals surface area contributed by atoms with E-state index in [1.807, 2.05) is 6.92 Å². The molecule has 1 aliphatic heterocycles. The van der Waals surface area contributed by atoms with Gasteiger partial charge in [0.2, 0.25) is 0 Å². The van der Waals surface area contributed by atoms with Crippen molar-refractivity contribution in [2.24, 2.45) is 0 Å². The van der Waals surface area contributed by atoms with Crippen molar-refractivity contribution in [1.82, 2.24) is 20.2 Å². The number of imidazole rings is 1. The largest absolute Gasteiger partial charge is 0.342 e. The van der Waals surface area contributed by atoms with E-state index < -0.39 is 0 Å². The zero-order valence-corrected chi connectivity index (χ0v) is 11.7. The van der Waals surface area contributed by atoms with Crippen LogP contribution < -0.4 is 5.32 Å². The van der Waals surface area contributed by atoms with Crippen LogP contribution in [0.3, 0.4) is 0 Å². The third kappa shape index (κ3) is 2.51. The predicted octanol–water partition coefficient (Wildman–Crippen LogP) is 2.23.